The second-order valence-electron chi connectivity index (χ2n) is 6.89. The normalized spacial score (nSPS) is 15.5. The Morgan fingerprint density at radius 3 is 2.64 bits per heavy atom. The summed E-state index contributed by atoms with van der Waals surface area (Å²) in [6, 6.07) is 10.9. The molecule has 5 heteroatoms. The van der Waals surface area contributed by atoms with Gasteiger partial charge in [-0.3, -0.25) is 9.69 Å². The number of aromatic amines is 1. The van der Waals surface area contributed by atoms with Gasteiger partial charge in [-0.1, -0.05) is 43.5 Å². The molecule has 4 nitrogen and oxygen atoms in total. The maximum atomic E-state index is 12.2. The van der Waals surface area contributed by atoms with E-state index in [4.69, 9.17) is 0 Å². The molecule has 25 heavy (non-hydrogen) atoms. The van der Waals surface area contributed by atoms with Crippen molar-refractivity contribution >= 4 is 21.8 Å². The van der Waals surface area contributed by atoms with E-state index in [-0.39, 0.29) is 5.91 Å². The molecule has 2 aromatic rings. The first-order valence-corrected chi connectivity index (χ1v) is 9.82. The molecule has 0 bridgehead atoms. The molecule has 1 aliphatic rings. The van der Waals surface area contributed by atoms with E-state index in [0.29, 0.717) is 18.3 Å². The highest BCUT2D eigenvalue weighted by Crippen LogP contribution is 2.23. The lowest BCUT2D eigenvalue weighted by Crippen LogP contribution is -2.33. The maximum absolute atomic E-state index is 12.2. The average Bonchev–Trinajstić information content (AvgIpc) is 3.08. The molecule has 1 saturated carbocycles. The molecule has 1 fully saturated rings. The van der Waals surface area contributed by atoms with Gasteiger partial charge in [-0.2, -0.15) is 0 Å². The van der Waals surface area contributed by atoms with Gasteiger partial charge in [-0.15, -0.1) is 0 Å². The van der Waals surface area contributed by atoms with Crippen LogP contribution in [-0.4, -0.2) is 28.9 Å². The van der Waals surface area contributed by atoms with Crippen LogP contribution >= 0.6 is 15.9 Å². The van der Waals surface area contributed by atoms with Crippen LogP contribution in [0.25, 0.3) is 0 Å². The first-order chi connectivity index (χ1) is 12.1. The Kier molecular flexibility index (Phi) is 6.32. The number of hydrogen-bond donors (Lipinski definition) is 2. The van der Waals surface area contributed by atoms with Gasteiger partial charge >= 0.3 is 0 Å². The SMILES string of the molecule is CN(Cc1ccccc1CNC(=O)c1cc(Br)c[nH]1)C1CCCCC1. The second-order valence-corrected chi connectivity index (χ2v) is 7.81. The van der Waals surface area contributed by atoms with Gasteiger partial charge in [0.25, 0.3) is 5.91 Å². The van der Waals surface area contributed by atoms with E-state index in [2.05, 4.69) is 56.4 Å². The fraction of sp³-hybridized carbons (Fsp3) is 0.450. The minimum Gasteiger partial charge on any atom is -0.356 e. The molecule has 3 rings (SSSR count). The quantitative estimate of drug-likeness (QED) is 0.746. The Morgan fingerprint density at radius 1 is 1.24 bits per heavy atom. The van der Waals surface area contributed by atoms with Crippen molar-refractivity contribution in [1.82, 2.24) is 15.2 Å². The first-order valence-electron chi connectivity index (χ1n) is 9.02. The first kappa shape index (κ1) is 18.2. The number of benzene rings is 1. The Morgan fingerprint density at radius 2 is 1.96 bits per heavy atom. The lowest BCUT2D eigenvalue weighted by Gasteiger charge is -2.31. The summed E-state index contributed by atoms with van der Waals surface area (Å²) in [5.41, 5.74) is 3.05. The fourth-order valence-electron chi connectivity index (χ4n) is 3.57. The highest BCUT2D eigenvalue weighted by molar-refractivity contribution is 9.10. The molecular formula is C20H26BrN3O. The number of carbonyl (C=O) groups is 1. The smallest absolute Gasteiger partial charge is 0.267 e. The molecule has 0 saturated heterocycles. The third kappa shape index (κ3) is 4.95. The van der Waals surface area contributed by atoms with E-state index in [0.717, 1.165) is 11.0 Å². The molecule has 0 aliphatic heterocycles. The van der Waals surface area contributed by atoms with Crippen molar-refractivity contribution in [3.05, 3.63) is 57.8 Å². The van der Waals surface area contributed by atoms with E-state index < -0.39 is 0 Å². The summed E-state index contributed by atoms with van der Waals surface area (Å²) in [5.74, 6) is -0.0823. The summed E-state index contributed by atoms with van der Waals surface area (Å²) in [5, 5.41) is 3.01. The number of halogens is 1. The van der Waals surface area contributed by atoms with Crippen molar-refractivity contribution in [3.8, 4) is 0 Å². The van der Waals surface area contributed by atoms with Crippen LogP contribution in [0.4, 0.5) is 0 Å². The van der Waals surface area contributed by atoms with Crippen LogP contribution in [0.3, 0.4) is 0 Å². The van der Waals surface area contributed by atoms with Crippen LogP contribution < -0.4 is 5.32 Å². The predicted molar refractivity (Wildman–Crippen MR) is 104 cm³/mol. The van der Waals surface area contributed by atoms with Crippen molar-refractivity contribution in [1.29, 1.82) is 0 Å². The van der Waals surface area contributed by atoms with Crippen molar-refractivity contribution in [2.75, 3.05) is 7.05 Å². The highest BCUT2D eigenvalue weighted by atomic mass is 79.9. The van der Waals surface area contributed by atoms with Gasteiger partial charge < -0.3 is 10.3 Å². The van der Waals surface area contributed by atoms with Gasteiger partial charge in [-0.05, 0) is 53.0 Å². The van der Waals surface area contributed by atoms with Crippen molar-refractivity contribution in [2.24, 2.45) is 0 Å². The molecule has 0 atom stereocenters. The number of nitrogens with zero attached hydrogens (tertiary/aromatic N) is 1. The largest absolute Gasteiger partial charge is 0.356 e. The Balaban J connectivity index is 1.61. The summed E-state index contributed by atoms with van der Waals surface area (Å²) in [7, 11) is 2.22. The van der Waals surface area contributed by atoms with Crippen molar-refractivity contribution in [2.45, 2.75) is 51.2 Å². The number of rotatable bonds is 6. The van der Waals surface area contributed by atoms with Gasteiger partial charge in [0, 0.05) is 29.8 Å². The summed E-state index contributed by atoms with van der Waals surface area (Å²) >= 11 is 3.36. The monoisotopic (exact) mass is 403 g/mol. The zero-order valence-corrected chi connectivity index (χ0v) is 16.3. The molecule has 0 radical (unpaired) electrons. The lowest BCUT2D eigenvalue weighted by atomic mass is 9.94. The van der Waals surface area contributed by atoms with Gasteiger partial charge in [0.05, 0.1) is 0 Å². The molecule has 1 heterocycles. The zero-order chi connectivity index (χ0) is 17.6. The molecule has 0 unspecified atom stereocenters. The Hall–Kier alpha value is -1.59. The number of carbonyl (C=O) groups excluding carboxylic acids is 1. The predicted octanol–water partition coefficient (Wildman–Crippen LogP) is 4.47. The van der Waals surface area contributed by atoms with E-state index >= 15 is 0 Å². The summed E-state index contributed by atoms with van der Waals surface area (Å²) in [4.78, 5) is 17.7. The number of H-pyrrole nitrogens is 1. The maximum Gasteiger partial charge on any atom is 0.267 e. The van der Waals surface area contributed by atoms with Gasteiger partial charge in [-0.25, -0.2) is 0 Å². The minimum absolute atomic E-state index is 0.0823. The van der Waals surface area contributed by atoms with Gasteiger partial charge in [0.15, 0.2) is 0 Å². The molecular weight excluding hydrogens is 378 g/mol. The Labute approximate surface area is 158 Å². The second kappa shape index (κ2) is 8.68. The molecule has 134 valence electrons. The molecule has 0 spiro atoms. The number of nitrogens with one attached hydrogen (secondary N) is 2. The van der Waals surface area contributed by atoms with Gasteiger partial charge in [0.1, 0.15) is 5.69 Å². The van der Waals surface area contributed by atoms with Crippen LogP contribution in [0.15, 0.2) is 41.0 Å². The summed E-state index contributed by atoms with van der Waals surface area (Å²) in [6.07, 6.45) is 8.44. The van der Waals surface area contributed by atoms with E-state index in [1.54, 1.807) is 12.3 Å². The van der Waals surface area contributed by atoms with Crippen LogP contribution in [0.2, 0.25) is 0 Å². The van der Waals surface area contributed by atoms with Crippen molar-refractivity contribution in [3.63, 3.8) is 0 Å². The molecule has 1 amide bonds. The van der Waals surface area contributed by atoms with E-state index in [1.165, 1.54) is 43.2 Å². The molecule has 1 aromatic carbocycles. The summed E-state index contributed by atoms with van der Waals surface area (Å²) < 4.78 is 0.882. The van der Waals surface area contributed by atoms with Crippen LogP contribution in [0.5, 0.6) is 0 Å². The Bertz CT molecular complexity index is 706. The third-order valence-electron chi connectivity index (χ3n) is 5.07. The van der Waals surface area contributed by atoms with E-state index in [1.807, 2.05) is 6.07 Å². The highest BCUT2D eigenvalue weighted by Gasteiger charge is 2.19. The standard InChI is InChI=1S/C20H26BrN3O/c1-24(18-9-3-2-4-10-18)14-16-8-6-5-7-15(16)12-23-20(25)19-11-17(21)13-22-19/h5-8,11,13,18,22H,2-4,9-10,12,14H2,1H3,(H,23,25). The minimum atomic E-state index is -0.0823. The molecule has 2 N–H and O–H groups in total. The van der Waals surface area contributed by atoms with Crippen LogP contribution in [0.1, 0.15) is 53.7 Å². The summed E-state index contributed by atoms with van der Waals surface area (Å²) in [6.45, 7) is 1.48. The third-order valence-corrected chi connectivity index (χ3v) is 5.53. The number of amides is 1. The number of aromatic nitrogens is 1. The van der Waals surface area contributed by atoms with Gasteiger partial charge in [0.2, 0.25) is 0 Å². The van der Waals surface area contributed by atoms with E-state index in [9.17, 15) is 4.79 Å². The van der Waals surface area contributed by atoms with Crippen molar-refractivity contribution < 1.29 is 4.79 Å². The number of hydrogen-bond acceptors (Lipinski definition) is 2. The fourth-order valence-corrected chi connectivity index (χ4v) is 3.92. The lowest BCUT2D eigenvalue weighted by molar-refractivity contribution is 0.0946. The molecule has 1 aromatic heterocycles. The van der Waals surface area contributed by atoms with Crippen LogP contribution in [-0.2, 0) is 13.1 Å². The van der Waals surface area contributed by atoms with Crippen LogP contribution in [0, 0.1) is 0 Å². The molecule has 1 aliphatic carbocycles. The topological polar surface area (TPSA) is 48.1 Å². The average molecular weight is 404 g/mol. The zero-order valence-electron chi connectivity index (χ0n) is 14.7.